The SMILES string of the molecule is Cn1cc(-c2ccccc2)c(NC(=O)C2CCN(CC(F)F)CC2)n1. The zero-order valence-electron chi connectivity index (χ0n) is 14.2. The van der Waals surface area contributed by atoms with Gasteiger partial charge in [-0.25, -0.2) is 8.78 Å². The van der Waals surface area contributed by atoms with Crippen LogP contribution >= 0.6 is 0 Å². The lowest BCUT2D eigenvalue weighted by Crippen LogP contribution is -2.40. The van der Waals surface area contributed by atoms with Crippen molar-refractivity contribution < 1.29 is 13.6 Å². The molecule has 0 bridgehead atoms. The van der Waals surface area contributed by atoms with Crippen molar-refractivity contribution in [1.29, 1.82) is 0 Å². The van der Waals surface area contributed by atoms with E-state index in [1.165, 1.54) is 0 Å². The predicted molar refractivity (Wildman–Crippen MR) is 92.4 cm³/mol. The third kappa shape index (κ3) is 4.42. The fourth-order valence-electron chi connectivity index (χ4n) is 3.20. The number of anilines is 1. The third-order valence-corrected chi connectivity index (χ3v) is 4.51. The van der Waals surface area contributed by atoms with Crippen molar-refractivity contribution in [3.8, 4) is 11.1 Å². The van der Waals surface area contributed by atoms with E-state index in [1.54, 1.807) is 9.58 Å². The van der Waals surface area contributed by atoms with Gasteiger partial charge in [0.25, 0.3) is 6.43 Å². The van der Waals surface area contributed by atoms with E-state index in [0.29, 0.717) is 31.7 Å². The minimum absolute atomic E-state index is 0.0902. The summed E-state index contributed by atoms with van der Waals surface area (Å²) in [7, 11) is 1.81. The number of carbonyl (C=O) groups excluding carboxylic acids is 1. The third-order valence-electron chi connectivity index (χ3n) is 4.51. The molecule has 0 unspecified atom stereocenters. The van der Waals surface area contributed by atoms with Gasteiger partial charge in [0.15, 0.2) is 5.82 Å². The number of aryl methyl sites for hydroxylation is 1. The summed E-state index contributed by atoms with van der Waals surface area (Å²) < 4.78 is 26.5. The molecule has 0 spiro atoms. The fourth-order valence-corrected chi connectivity index (χ4v) is 3.20. The first kappa shape index (κ1) is 17.5. The summed E-state index contributed by atoms with van der Waals surface area (Å²) in [5, 5.41) is 7.27. The molecule has 2 aromatic rings. The average Bonchev–Trinajstić information content (AvgIpc) is 2.96. The number of alkyl halides is 2. The van der Waals surface area contributed by atoms with Crippen LogP contribution in [-0.2, 0) is 11.8 Å². The van der Waals surface area contributed by atoms with Gasteiger partial charge in [0, 0.05) is 24.7 Å². The Balaban J connectivity index is 1.65. The summed E-state index contributed by atoms with van der Waals surface area (Å²) >= 11 is 0. The normalized spacial score (nSPS) is 16.3. The molecule has 1 N–H and O–H groups in total. The van der Waals surface area contributed by atoms with E-state index in [4.69, 9.17) is 0 Å². The molecule has 1 aliphatic rings. The minimum Gasteiger partial charge on any atom is -0.308 e. The number of hydrogen-bond acceptors (Lipinski definition) is 3. The molecule has 5 nitrogen and oxygen atoms in total. The Labute approximate surface area is 145 Å². The Morgan fingerprint density at radius 2 is 1.96 bits per heavy atom. The van der Waals surface area contributed by atoms with E-state index in [9.17, 15) is 13.6 Å². The van der Waals surface area contributed by atoms with Crippen LogP contribution in [0, 0.1) is 5.92 Å². The van der Waals surface area contributed by atoms with Crippen molar-refractivity contribution in [1.82, 2.24) is 14.7 Å². The van der Waals surface area contributed by atoms with E-state index in [-0.39, 0.29) is 18.4 Å². The van der Waals surface area contributed by atoms with Crippen LogP contribution in [0.5, 0.6) is 0 Å². The highest BCUT2D eigenvalue weighted by molar-refractivity contribution is 5.95. The summed E-state index contributed by atoms with van der Waals surface area (Å²) in [6, 6.07) is 9.75. The second-order valence-corrected chi connectivity index (χ2v) is 6.39. The Hall–Kier alpha value is -2.28. The number of halogens is 2. The Morgan fingerprint density at radius 1 is 1.28 bits per heavy atom. The molecular formula is C18H22F2N4O. The van der Waals surface area contributed by atoms with Crippen molar-refractivity contribution in [3.05, 3.63) is 36.5 Å². The lowest BCUT2D eigenvalue weighted by atomic mass is 9.96. The number of rotatable bonds is 5. The van der Waals surface area contributed by atoms with Crippen LogP contribution < -0.4 is 5.32 Å². The maximum atomic E-state index is 12.6. The zero-order valence-corrected chi connectivity index (χ0v) is 14.2. The number of hydrogen-bond donors (Lipinski definition) is 1. The number of carbonyl (C=O) groups is 1. The van der Waals surface area contributed by atoms with Gasteiger partial charge in [-0.15, -0.1) is 0 Å². The monoisotopic (exact) mass is 348 g/mol. The highest BCUT2D eigenvalue weighted by atomic mass is 19.3. The second-order valence-electron chi connectivity index (χ2n) is 6.39. The molecule has 25 heavy (non-hydrogen) atoms. The van der Waals surface area contributed by atoms with Gasteiger partial charge in [-0.1, -0.05) is 30.3 Å². The molecule has 1 aromatic heterocycles. The van der Waals surface area contributed by atoms with E-state index in [2.05, 4.69) is 10.4 Å². The average molecular weight is 348 g/mol. The highest BCUT2D eigenvalue weighted by Crippen LogP contribution is 2.28. The first-order chi connectivity index (χ1) is 12.0. The molecule has 1 saturated heterocycles. The number of nitrogens with one attached hydrogen (secondary N) is 1. The molecule has 0 aliphatic carbocycles. The maximum Gasteiger partial charge on any atom is 0.251 e. The lowest BCUT2D eigenvalue weighted by Gasteiger charge is -2.30. The summed E-state index contributed by atoms with van der Waals surface area (Å²) in [5.41, 5.74) is 1.85. The number of benzene rings is 1. The van der Waals surface area contributed by atoms with Crippen LogP contribution in [-0.4, -0.2) is 46.6 Å². The van der Waals surface area contributed by atoms with Gasteiger partial charge >= 0.3 is 0 Å². The molecule has 2 heterocycles. The van der Waals surface area contributed by atoms with E-state index in [1.807, 2.05) is 43.6 Å². The Bertz CT molecular complexity index is 709. The van der Waals surface area contributed by atoms with Crippen molar-refractivity contribution in [2.24, 2.45) is 13.0 Å². The standard InChI is InChI=1S/C18H22F2N4O/c1-23-11-15(13-5-3-2-4-6-13)17(22-23)21-18(25)14-7-9-24(10-8-14)12-16(19)20/h2-6,11,14,16H,7-10,12H2,1H3,(H,21,22,25). The van der Waals surface area contributed by atoms with Gasteiger partial charge in [0.2, 0.25) is 5.91 Å². The molecule has 0 radical (unpaired) electrons. The summed E-state index contributed by atoms with van der Waals surface area (Å²) in [6.07, 6.45) is 0.723. The van der Waals surface area contributed by atoms with Crippen molar-refractivity contribution in [2.45, 2.75) is 19.3 Å². The summed E-state index contributed by atoms with van der Waals surface area (Å²) in [5.74, 6) is 0.279. The molecule has 1 amide bonds. The number of piperidine rings is 1. The van der Waals surface area contributed by atoms with Crippen LogP contribution in [0.2, 0.25) is 0 Å². The largest absolute Gasteiger partial charge is 0.308 e. The Morgan fingerprint density at radius 3 is 2.60 bits per heavy atom. The first-order valence-corrected chi connectivity index (χ1v) is 8.43. The second kappa shape index (κ2) is 7.74. The first-order valence-electron chi connectivity index (χ1n) is 8.43. The van der Waals surface area contributed by atoms with Crippen LogP contribution in [0.3, 0.4) is 0 Å². The van der Waals surface area contributed by atoms with Crippen LogP contribution in [0.1, 0.15) is 12.8 Å². The fraction of sp³-hybridized carbons (Fsp3) is 0.444. The number of likely N-dealkylation sites (tertiary alicyclic amines) is 1. The molecular weight excluding hydrogens is 326 g/mol. The van der Waals surface area contributed by atoms with Gasteiger partial charge in [-0.2, -0.15) is 5.10 Å². The van der Waals surface area contributed by atoms with Crippen LogP contribution in [0.25, 0.3) is 11.1 Å². The Kier molecular flexibility index (Phi) is 5.43. The van der Waals surface area contributed by atoms with Crippen molar-refractivity contribution in [3.63, 3.8) is 0 Å². The summed E-state index contributed by atoms with van der Waals surface area (Å²) in [6.45, 7) is 0.832. The zero-order chi connectivity index (χ0) is 17.8. The van der Waals surface area contributed by atoms with Gasteiger partial charge < -0.3 is 5.32 Å². The van der Waals surface area contributed by atoms with Gasteiger partial charge in [0.1, 0.15) is 0 Å². The molecule has 0 atom stereocenters. The molecule has 3 rings (SSSR count). The van der Waals surface area contributed by atoms with Crippen molar-refractivity contribution in [2.75, 3.05) is 25.0 Å². The van der Waals surface area contributed by atoms with Crippen LogP contribution in [0.15, 0.2) is 36.5 Å². The molecule has 1 aliphatic heterocycles. The maximum absolute atomic E-state index is 12.6. The molecule has 1 aromatic carbocycles. The van der Waals surface area contributed by atoms with Crippen molar-refractivity contribution >= 4 is 11.7 Å². The van der Waals surface area contributed by atoms with E-state index >= 15 is 0 Å². The topological polar surface area (TPSA) is 50.2 Å². The van der Waals surface area contributed by atoms with E-state index in [0.717, 1.165) is 11.1 Å². The smallest absolute Gasteiger partial charge is 0.251 e. The summed E-state index contributed by atoms with van der Waals surface area (Å²) in [4.78, 5) is 14.3. The van der Waals surface area contributed by atoms with Gasteiger partial charge in [0.05, 0.1) is 6.54 Å². The molecule has 0 saturated carbocycles. The predicted octanol–water partition coefficient (Wildman–Crippen LogP) is 3.00. The van der Waals surface area contributed by atoms with Gasteiger partial charge in [-0.05, 0) is 31.5 Å². The van der Waals surface area contributed by atoms with E-state index < -0.39 is 6.43 Å². The van der Waals surface area contributed by atoms with Gasteiger partial charge in [-0.3, -0.25) is 14.4 Å². The molecule has 134 valence electrons. The number of amides is 1. The minimum atomic E-state index is -2.33. The number of nitrogens with zero attached hydrogens (tertiary/aromatic N) is 3. The highest BCUT2D eigenvalue weighted by Gasteiger charge is 2.27. The lowest BCUT2D eigenvalue weighted by molar-refractivity contribution is -0.121. The molecule has 1 fully saturated rings. The quantitative estimate of drug-likeness (QED) is 0.904. The number of aromatic nitrogens is 2. The van der Waals surface area contributed by atoms with Crippen LogP contribution in [0.4, 0.5) is 14.6 Å². The molecule has 7 heteroatoms.